The van der Waals surface area contributed by atoms with E-state index in [0.717, 1.165) is 47.0 Å². The molecule has 0 fully saturated rings. The Morgan fingerprint density at radius 1 is 0.308 bits per heavy atom. The topological polar surface area (TPSA) is 6.48 Å². The van der Waals surface area contributed by atoms with E-state index in [1.54, 1.807) is 0 Å². The molecule has 0 aromatic heterocycles. The molecule has 0 amide bonds. The van der Waals surface area contributed by atoms with Crippen LogP contribution in [-0.4, -0.2) is 0 Å². The molecule has 0 bridgehead atoms. The Bertz CT molecular complexity index is 1960. The first-order chi connectivity index (χ1) is 25.4. The molecule has 7 rings (SSSR count). The zero-order chi connectivity index (χ0) is 35.9. The van der Waals surface area contributed by atoms with Gasteiger partial charge in [-0.2, -0.15) is 0 Å². The summed E-state index contributed by atoms with van der Waals surface area (Å²) in [5.74, 6) is 0. The predicted octanol–water partition coefficient (Wildman–Crippen LogP) is 14.2. The molecule has 256 valence electrons. The summed E-state index contributed by atoms with van der Waals surface area (Å²) in [7, 11) is 0. The van der Waals surface area contributed by atoms with Crippen molar-refractivity contribution >= 4 is 46.3 Å². The summed E-state index contributed by atoms with van der Waals surface area (Å²) < 4.78 is 0. The van der Waals surface area contributed by atoms with Gasteiger partial charge in [-0.05, 0) is 136 Å². The summed E-state index contributed by atoms with van der Waals surface area (Å²) in [6, 6.07) is 52.6. The van der Waals surface area contributed by atoms with Crippen molar-refractivity contribution in [2.45, 2.75) is 40.5 Å². The maximum atomic E-state index is 2.32. The third kappa shape index (κ3) is 8.42. The van der Waals surface area contributed by atoms with Crippen LogP contribution in [0.15, 0.2) is 181 Å². The van der Waals surface area contributed by atoms with Crippen molar-refractivity contribution in [3.05, 3.63) is 214 Å². The number of anilines is 6. The Morgan fingerprint density at radius 2 is 0.538 bits per heavy atom. The molecule has 0 saturated carbocycles. The minimum Gasteiger partial charge on any atom is -0.311 e. The van der Waals surface area contributed by atoms with Gasteiger partial charge < -0.3 is 9.80 Å². The second-order valence-corrected chi connectivity index (χ2v) is 13.8. The Labute approximate surface area is 310 Å². The average molecular weight is 675 g/mol. The average Bonchev–Trinajstić information content (AvgIpc) is 3.18. The molecule has 0 aliphatic heterocycles. The quantitative estimate of drug-likeness (QED) is 0.143. The minimum atomic E-state index is 1.03. The van der Waals surface area contributed by atoms with Crippen LogP contribution in [0.2, 0.25) is 0 Å². The van der Waals surface area contributed by atoms with Gasteiger partial charge in [0.1, 0.15) is 0 Å². The van der Waals surface area contributed by atoms with Crippen molar-refractivity contribution in [1.29, 1.82) is 0 Å². The van der Waals surface area contributed by atoms with Gasteiger partial charge in [0.05, 0.1) is 0 Å². The van der Waals surface area contributed by atoms with Gasteiger partial charge >= 0.3 is 0 Å². The third-order valence-electron chi connectivity index (χ3n) is 9.66. The first-order valence-electron chi connectivity index (χ1n) is 18.2. The first kappa shape index (κ1) is 34.3. The lowest BCUT2D eigenvalue weighted by Gasteiger charge is -2.26. The van der Waals surface area contributed by atoms with Crippen LogP contribution in [0.1, 0.15) is 46.2 Å². The van der Waals surface area contributed by atoms with Crippen molar-refractivity contribution < 1.29 is 0 Å². The van der Waals surface area contributed by atoms with Gasteiger partial charge in [-0.25, -0.2) is 0 Å². The smallest absolute Gasteiger partial charge is 0.0462 e. The highest BCUT2D eigenvalue weighted by Gasteiger charge is 2.14. The van der Waals surface area contributed by atoms with Crippen molar-refractivity contribution in [2.24, 2.45) is 0 Å². The molecule has 0 spiro atoms. The number of benzene rings is 6. The van der Waals surface area contributed by atoms with Gasteiger partial charge in [0.2, 0.25) is 0 Å². The van der Waals surface area contributed by atoms with E-state index in [9.17, 15) is 0 Å². The Kier molecular flexibility index (Phi) is 10.5. The van der Waals surface area contributed by atoms with Crippen LogP contribution >= 0.6 is 0 Å². The minimum absolute atomic E-state index is 1.03. The highest BCUT2D eigenvalue weighted by atomic mass is 15.1. The lowest BCUT2D eigenvalue weighted by atomic mass is 9.96. The van der Waals surface area contributed by atoms with Crippen LogP contribution in [0.25, 0.3) is 12.2 Å². The van der Waals surface area contributed by atoms with Crippen molar-refractivity contribution in [3.8, 4) is 0 Å². The fourth-order valence-corrected chi connectivity index (χ4v) is 6.49. The molecular weight excluding hydrogens is 629 g/mol. The van der Waals surface area contributed by atoms with Crippen LogP contribution in [0.4, 0.5) is 34.1 Å². The monoisotopic (exact) mass is 674 g/mol. The molecule has 6 aromatic rings. The lowest BCUT2D eigenvalue weighted by Crippen LogP contribution is -2.09. The van der Waals surface area contributed by atoms with E-state index in [1.807, 2.05) is 0 Å². The Balaban J connectivity index is 1.01. The predicted molar refractivity (Wildman–Crippen MR) is 225 cm³/mol. The molecule has 0 unspecified atom stereocenters. The van der Waals surface area contributed by atoms with Gasteiger partial charge in [0.25, 0.3) is 0 Å². The van der Waals surface area contributed by atoms with E-state index in [4.69, 9.17) is 0 Å². The van der Waals surface area contributed by atoms with Gasteiger partial charge in [-0.15, -0.1) is 0 Å². The van der Waals surface area contributed by atoms with E-state index in [-0.39, 0.29) is 0 Å². The van der Waals surface area contributed by atoms with Crippen molar-refractivity contribution in [2.75, 3.05) is 9.80 Å². The highest BCUT2D eigenvalue weighted by Crippen LogP contribution is 2.36. The first-order valence-corrected chi connectivity index (χ1v) is 18.2. The fourth-order valence-electron chi connectivity index (χ4n) is 6.49. The molecule has 0 saturated heterocycles. The number of aryl methyl sites for hydroxylation is 4. The molecule has 0 heterocycles. The lowest BCUT2D eigenvalue weighted by molar-refractivity contribution is 0.954. The van der Waals surface area contributed by atoms with Crippen LogP contribution in [0, 0.1) is 27.7 Å². The van der Waals surface area contributed by atoms with E-state index in [0.29, 0.717) is 0 Å². The van der Waals surface area contributed by atoms with E-state index in [1.165, 1.54) is 44.5 Å². The SMILES string of the molecule is Cc1ccc(N(c2ccc(C)cc2)c2ccc(/C=C/C3=CC=C(/C=C/c4ccc(N(c5ccc(C)cc5)c5ccc(C)cc5)cc4)CC3)cc2)cc1. The molecule has 1 aliphatic rings. The van der Waals surface area contributed by atoms with Gasteiger partial charge in [0.15, 0.2) is 0 Å². The maximum absolute atomic E-state index is 2.32. The van der Waals surface area contributed by atoms with E-state index in [2.05, 4.69) is 220 Å². The zero-order valence-electron chi connectivity index (χ0n) is 30.6. The number of rotatable bonds is 10. The molecular formula is C50H46N2. The highest BCUT2D eigenvalue weighted by molar-refractivity contribution is 5.78. The molecule has 2 heteroatoms. The van der Waals surface area contributed by atoms with Crippen LogP contribution in [-0.2, 0) is 0 Å². The largest absolute Gasteiger partial charge is 0.311 e. The van der Waals surface area contributed by atoms with Crippen LogP contribution in [0.3, 0.4) is 0 Å². The molecule has 2 nitrogen and oxygen atoms in total. The standard InChI is InChI=1S/C50H46N2/c1-37-5-25-45(26-6-37)51(46-27-7-38(2)8-28-46)49-33-21-43(22-34-49)19-17-41-13-15-42(16-14-41)18-20-44-23-35-50(36-24-44)52(47-29-9-39(3)10-30-47)48-31-11-40(4)12-32-48/h5-13,15,17-36H,14,16H2,1-4H3/b19-17+,20-18+. The van der Waals surface area contributed by atoms with Crippen LogP contribution in [0.5, 0.6) is 0 Å². The fraction of sp³-hybridized carbons (Fsp3) is 0.120. The van der Waals surface area contributed by atoms with Gasteiger partial charge in [0, 0.05) is 34.1 Å². The number of allylic oxidation sites excluding steroid dienone is 6. The summed E-state index contributed by atoms with van der Waals surface area (Å²) in [5.41, 5.74) is 17.0. The molecule has 0 atom stereocenters. The summed E-state index contributed by atoms with van der Waals surface area (Å²) in [6.45, 7) is 8.51. The molecule has 0 N–H and O–H groups in total. The van der Waals surface area contributed by atoms with E-state index < -0.39 is 0 Å². The molecule has 6 aromatic carbocycles. The number of hydrogen-bond acceptors (Lipinski definition) is 2. The summed E-state index contributed by atoms with van der Waals surface area (Å²) in [4.78, 5) is 4.63. The number of hydrogen-bond donors (Lipinski definition) is 0. The molecule has 0 radical (unpaired) electrons. The normalized spacial score (nSPS) is 12.9. The van der Waals surface area contributed by atoms with Gasteiger partial charge in [-0.3, -0.25) is 0 Å². The Morgan fingerprint density at radius 3 is 0.769 bits per heavy atom. The van der Waals surface area contributed by atoms with Crippen molar-refractivity contribution in [1.82, 2.24) is 0 Å². The zero-order valence-corrected chi connectivity index (χ0v) is 30.6. The second-order valence-electron chi connectivity index (χ2n) is 13.8. The summed E-state index contributed by atoms with van der Waals surface area (Å²) in [6.07, 6.45) is 15.5. The number of nitrogens with zero attached hydrogens (tertiary/aromatic N) is 2. The Hall–Kier alpha value is -6.12. The van der Waals surface area contributed by atoms with Crippen molar-refractivity contribution in [3.63, 3.8) is 0 Å². The third-order valence-corrected chi connectivity index (χ3v) is 9.66. The van der Waals surface area contributed by atoms with Crippen LogP contribution < -0.4 is 9.80 Å². The maximum Gasteiger partial charge on any atom is 0.0462 e. The summed E-state index contributed by atoms with van der Waals surface area (Å²) in [5, 5.41) is 0. The van der Waals surface area contributed by atoms with Gasteiger partial charge in [-0.1, -0.05) is 132 Å². The van der Waals surface area contributed by atoms with E-state index >= 15 is 0 Å². The molecule has 1 aliphatic carbocycles. The molecule has 52 heavy (non-hydrogen) atoms. The summed E-state index contributed by atoms with van der Waals surface area (Å²) >= 11 is 0. The second kappa shape index (κ2) is 15.8.